The zero-order chi connectivity index (χ0) is 12.4. The van der Waals surface area contributed by atoms with Crippen molar-refractivity contribution in [1.82, 2.24) is 0 Å². The fourth-order valence-corrected chi connectivity index (χ4v) is 2.41. The normalized spacial score (nSPS) is 18.0. The zero-order valence-electron chi connectivity index (χ0n) is 10.0. The predicted molar refractivity (Wildman–Crippen MR) is 69.1 cm³/mol. The van der Waals surface area contributed by atoms with Crippen LogP contribution in [-0.2, 0) is 22.4 Å². The topological polar surface area (TPSA) is 26.3 Å². The fourth-order valence-electron chi connectivity index (χ4n) is 2.41. The van der Waals surface area contributed by atoms with Gasteiger partial charge in [-0.15, -0.1) is 0 Å². The number of rotatable bonds is 2. The minimum Gasteiger partial charge on any atom is -0.457 e. The van der Waals surface area contributed by atoms with Gasteiger partial charge in [-0.05, 0) is 16.7 Å². The summed E-state index contributed by atoms with van der Waals surface area (Å²) in [6, 6.07) is 18.1. The fraction of sp³-hybridized carbons (Fsp3) is 0.188. The molecule has 0 aromatic heterocycles. The smallest absolute Gasteiger partial charge is 0.310 e. The van der Waals surface area contributed by atoms with E-state index in [0.29, 0.717) is 6.42 Å². The minimum absolute atomic E-state index is 0.130. The third kappa shape index (κ3) is 2.14. The molecule has 2 aromatic rings. The number of carbonyl (C=O) groups excluding carboxylic acids is 1. The van der Waals surface area contributed by atoms with E-state index in [2.05, 4.69) is 18.2 Å². The summed E-state index contributed by atoms with van der Waals surface area (Å²) in [6.07, 6.45) is 0.982. The highest BCUT2D eigenvalue weighted by molar-refractivity contribution is 5.75. The average molecular weight is 238 g/mol. The molecule has 0 saturated heterocycles. The number of hydrogen-bond donors (Lipinski definition) is 0. The van der Waals surface area contributed by atoms with Crippen LogP contribution in [-0.4, -0.2) is 5.97 Å². The van der Waals surface area contributed by atoms with Crippen LogP contribution in [0.5, 0.6) is 0 Å². The summed E-state index contributed by atoms with van der Waals surface area (Å²) in [6.45, 7) is 0. The van der Waals surface area contributed by atoms with Crippen LogP contribution in [0.2, 0.25) is 0 Å². The first-order chi connectivity index (χ1) is 8.83. The first kappa shape index (κ1) is 11.0. The first-order valence-corrected chi connectivity index (χ1v) is 6.14. The van der Waals surface area contributed by atoms with E-state index in [1.807, 2.05) is 36.4 Å². The molecule has 2 aromatic carbocycles. The van der Waals surface area contributed by atoms with Crippen molar-refractivity contribution in [3.63, 3.8) is 0 Å². The zero-order valence-corrected chi connectivity index (χ0v) is 10.0. The monoisotopic (exact) mass is 238 g/mol. The number of carbonyl (C=O) groups is 1. The van der Waals surface area contributed by atoms with Crippen molar-refractivity contribution < 1.29 is 9.53 Å². The molecule has 2 heteroatoms. The number of benzene rings is 2. The summed E-state index contributed by atoms with van der Waals surface area (Å²) in [7, 11) is 0. The molecule has 0 radical (unpaired) electrons. The molecule has 1 aliphatic heterocycles. The van der Waals surface area contributed by atoms with E-state index in [1.54, 1.807) is 0 Å². The van der Waals surface area contributed by atoms with Crippen LogP contribution in [0.3, 0.4) is 0 Å². The van der Waals surface area contributed by atoms with Crippen molar-refractivity contribution in [3.05, 3.63) is 71.3 Å². The van der Waals surface area contributed by atoms with E-state index in [-0.39, 0.29) is 12.1 Å². The van der Waals surface area contributed by atoms with Gasteiger partial charge >= 0.3 is 5.97 Å². The molecule has 3 rings (SSSR count). The Kier molecular flexibility index (Phi) is 2.85. The highest BCUT2D eigenvalue weighted by Crippen LogP contribution is 2.30. The van der Waals surface area contributed by atoms with Gasteiger partial charge in [0.25, 0.3) is 0 Å². The van der Waals surface area contributed by atoms with E-state index in [0.717, 1.165) is 17.5 Å². The highest BCUT2D eigenvalue weighted by Gasteiger charge is 2.25. The SMILES string of the molecule is O=C1Cc2ccccc2C(Cc2ccccc2)O1. The summed E-state index contributed by atoms with van der Waals surface area (Å²) in [5.74, 6) is -0.130. The molecule has 0 fully saturated rings. The van der Waals surface area contributed by atoms with Crippen LogP contribution < -0.4 is 0 Å². The Balaban J connectivity index is 1.91. The molecule has 1 heterocycles. The Morgan fingerprint density at radius 1 is 1.00 bits per heavy atom. The summed E-state index contributed by atoms with van der Waals surface area (Å²) in [4.78, 5) is 11.6. The highest BCUT2D eigenvalue weighted by atomic mass is 16.5. The molecule has 0 aliphatic carbocycles. The number of fused-ring (bicyclic) bond motifs is 1. The average Bonchev–Trinajstić information content (AvgIpc) is 2.40. The van der Waals surface area contributed by atoms with Gasteiger partial charge in [0, 0.05) is 6.42 Å². The van der Waals surface area contributed by atoms with Crippen molar-refractivity contribution >= 4 is 5.97 Å². The first-order valence-electron chi connectivity index (χ1n) is 6.14. The van der Waals surface area contributed by atoms with Crippen molar-refractivity contribution in [1.29, 1.82) is 0 Å². The van der Waals surface area contributed by atoms with Gasteiger partial charge in [-0.25, -0.2) is 0 Å². The lowest BCUT2D eigenvalue weighted by atomic mass is 9.93. The lowest BCUT2D eigenvalue weighted by Crippen LogP contribution is -2.22. The van der Waals surface area contributed by atoms with Crippen molar-refractivity contribution in [2.45, 2.75) is 18.9 Å². The molecule has 0 spiro atoms. The quantitative estimate of drug-likeness (QED) is 0.751. The molecule has 1 aliphatic rings. The Morgan fingerprint density at radius 3 is 2.56 bits per heavy atom. The Bertz CT molecular complexity index is 560. The van der Waals surface area contributed by atoms with Gasteiger partial charge in [-0.3, -0.25) is 4.79 Å². The number of cyclic esters (lactones) is 1. The van der Waals surface area contributed by atoms with E-state index >= 15 is 0 Å². The van der Waals surface area contributed by atoms with E-state index in [1.165, 1.54) is 5.56 Å². The van der Waals surface area contributed by atoms with Gasteiger partial charge in [-0.1, -0.05) is 54.6 Å². The second-order valence-corrected chi connectivity index (χ2v) is 4.54. The molecule has 1 atom stereocenters. The Labute approximate surface area is 106 Å². The summed E-state index contributed by atoms with van der Waals surface area (Å²) < 4.78 is 5.48. The summed E-state index contributed by atoms with van der Waals surface area (Å²) in [5, 5.41) is 0. The summed E-state index contributed by atoms with van der Waals surface area (Å²) in [5.41, 5.74) is 3.42. The van der Waals surface area contributed by atoms with Crippen LogP contribution in [0.4, 0.5) is 0 Å². The Morgan fingerprint density at radius 2 is 1.72 bits per heavy atom. The molecular formula is C16H14O2. The summed E-state index contributed by atoms with van der Waals surface area (Å²) >= 11 is 0. The van der Waals surface area contributed by atoms with E-state index < -0.39 is 0 Å². The molecule has 0 bridgehead atoms. The maximum Gasteiger partial charge on any atom is 0.310 e. The van der Waals surface area contributed by atoms with Gasteiger partial charge in [0.1, 0.15) is 6.10 Å². The molecular weight excluding hydrogens is 224 g/mol. The van der Waals surface area contributed by atoms with Gasteiger partial charge in [0.05, 0.1) is 6.42 Å². The van der Waals surface area contributed by atoms with E-state index in [9.17, 15) is 4.79 Å². The minimum atomic E-state index is -0.148. The lowest BCUT2D eigenvalue weighted by Gasteiger charge is -2.25. The number of ether oxygens (including phenoxy) is 1. The Hall–Kier alpha value is -2.09. The standard InChI is InChI=1S/C16H14O2/c17-16-11-13-8-4-5-9-14(13)15(18-16)10-12-6-2-1-3-7-12/h1-9,15H,10-11H2. The predicted octanol–water partition coefficient (Wildman–Crippen LogP) is 3.07. The third-order valence-electron chi connectivity index (χ3n) is 3.27. The lowest BCUT2D eigenvalue weighted by molar-refractivity contribution is -0.150. The second kappa shape index (κ2) is 4.65. The van der Waals surface area contributed by atoms with Crippen LogP contribution in [0.15, 0.2) is 54.6 Å². The number of esters is 1. The van der Waals surface area contributed by atoms with Crippen LogP contribution in [0, 0.1) is 0 Å². The molecule has 18 heavy (non-hydrogen) atoms. The molecule has 90 valence electrons. The van der Waals surface area contributed by atoms with Gasteiger partial charge in [0.2, 0.25) is 0 Å². The van der Waals surface area contributed by atoms with Crippen LogP contribution in [0.25, 0.3) is 0 Å². The number of hydrogen-bond acceptors (Lipinski definition) is 2. The van der Waals surface area contributed by atoms with Crippen molar-refractivity contribution in [2.75, 3.05) is 0 Å². The van der Waals surface area contributed by atoms with Crippen molar-refractivity contribution in [2.24, 2.45) is 0 Å². The largest absolute Gasteiger partial charge is 0.457 e. The molecule has 1 unspecified atom stereocenters. The maximum atomic E-state index is 11.6. The van der Waals surface area contributed by atoms with Crippen molar-refractivity contribution in [3.8, 4) is 0 Å². The molecule has 0 amide bonds. The van der Waals surface area contributed by atoms with Gasteiger partial charge in [-0.2, -0.15) is 0 Å². The van der Waals surface area contributed by atoms with E-state index in [4.69, 9.17) is 4.74 Å². The van der Waals surface area contributed by atoms with Crippen LogP contribution in [0.1, 0.15) is 22.8 Å². The van der Waals surface area contributed by atoms with Crippen LogP contribution >= 0.6 is 0 Å². The maximum absolute atomic E-state index is 11.6. The van der Waals surface area contributed by atoms with Gasteiger partial charge in [0.15, 0.2) is 0 Å². The second-order valence-electron chi connectivity index (χ2n) is 4.54. The third-order valence-corrected chi connectivity index (χ3v) is 3.27. The molecule has 0 saturated carbocycles. The molecule has 2 nitrogen and oxygen atoms in total. The van der Waals surface area contributed by atoms with Gasteiger partial charge < -0.3 is 4.74 Å². The molecule has 0 N–H and O–H groups in total.